The summed E-state index contributed by atoms with van der Waals surface area (Å²) >= 11 is 0. The van der Waals surface area contributed by atoms with Crippen molar-refractivity contribution >= 4 is 5.97 Å². The number of carboxylic acid groups (broad SMARTS) is 1. The van der Waals surface area contributed by atoms with Gasteiger partial charge in [0.15, 0.2) is 0 Å². The van der Waals surface area contributed by atoms with E-state index in [1.807, 2.05) is 13.8 Å². The van der Waals surface area contributed by atoms with Crippen LogP contribution in [-0.2, 0) is 6.18 Å². The minimum Gasteiger partial charge on any atom is -0.478 e. The quantitative estimate of drug-likeness (QED) is 0.787. The summed E-state index contributed by atoms with van der Waals surface area (Å²) in [6.45, 7) is 4.00. The first-order valence-corrected chi connectivity index (χ1v) is 4.32. The Morgan fingerprint density at radius 3 is 2.00 bits per heavy atom. The zero-order valence-electron chi connectivity index (χ0n) is 8.30. The minimum atomic E-state index is -4.62. The smallest absolute Gasteiger partial charge is 0.417 e. The van der Waals surface area contributed by atoms with E-state index in [-0.39, 0.29) is 0 Å². The fraction of sp³-hybridized carbons (Fsp3) is 0.300. The Labute approximate surface area is 85.3 Å². The second-order valence-corrected chi connectivity index (χ2v) is 2.35. The van der Waals surface area contributed by atoms with Crippen LogP contribution in [-0.4, -0.2) is 11.1 Å². The number of halogens is 3. The van der Waals surface area contributed by atoms with E-state index in [2.05, 4.69) is 0 Å². The molecule has 0 aromatic heterocycles. The Hall–Kier alpha value is -1.52. The SMILES string of the molecule is CC.O=C(O)c1ccccc1C(F)(F)F. The molecule has 0 radical (unpaired) electrons. The molecule has 0 atom stereocenters. The van der Waals surface area contributed by atoms with Crippen LogP contribution in [0.2, 0.25) is 0 Å². The number of benzene rings is 1. The lowest BCUT2D eigenvalue weighted by atomic mass is 10.1. The highest BCUT2D eigenvalue weighted by Gasteiger charge is 2.34. The Bertz CT molecular complexity index is 332. The maximum absolute atomic E-state index is 12.1. The largest absolute Gasteiger partial charge is 0.478 e. The van der Waals surface area contributed by atoms with E-state index < -0.39 is 23.3 Å². The average Bonchev–Trinajstić information content (AvgIpc) is 2.19. The van der Waals surface area contributed by atoms with E-state index in [0.29, 0.717) is 0 Å². The van der Waals surface area contributed by atoms with Crippen molar-refractivity contribution in [1.29, 1.82) is 0 Å². The molecule has 5 heteroatoms. The van der Waals surface area contributed by atoms with Gasteiger partial charge >= 0.3 is 12.1 Å². The van der Waals surface area contributed by atoms with Crippen LogP contribution in [0.4, 0.5) is 13.2 Å². The van der Waals surface area contributed by atoms with Gasteiger partial charge in [-0.25, -0.2) is 4.79 Å². The van der Waals surface area contributed by atoms with Gasteiger partial charge in [0.1, 0.15) is 0 Å². The van der Waals surface area contributed by atoms with Crippen LogP contribution in [0.5, 0.6) is 0 Å². The molecule has 0 aliphatic rings. The van der Waals surface area contributed by atoms with E-state index in [1.165, 1.54) is 6.07 Å². The van der Waals surface area contributed by atoms with Crippen LogP contribution in [0, 0.1) is 0 Å². The average molecular weight is 220 g/mol. The zero-order valence-corrected chi connectivity index (χ0v) is 8.30. The summed E-state index contributed by atoms with van der Waals surface area (Å²) in [5.41, 5.74) is -1.85. The topological polar surface area (TPSA) is 37.3 Å². The lowest BCUT2D eigenvalue weighted by Crippen LogP contribution is -2.12. The highest BCUT2D eigenvalue weighted by molar-refractivity contribution is 5.89. The predicted octanol–water partition coefficient (Wildman–Crippen LogP) is 3.43. The van der Waals surface area contributed by atoms with Crippen molar-refractivity contribution in [2.24, 2.45) is 0 Å². The normalized spacial score (nSPS) is 10.2. The van der Waals surface area contributed by atoms with Gasteiger partial charge in [-0.3, -0.25) is 0 Å². The summed E-state index contributed by atoms with van der Waals surface area (Å²) in [4.78, 5) is 10.4. The lowest BCUT2D eigenvalue weighted by Gasteiger charge is -2.08. The third-order valence-corrected chi connectivity index (χ3v) is 1.46. The van der Waals surface area contributed by atoms with Crippen LogP contribution in [0.3, 0.4) is 0 Å². The molecule has 1 aromatic rings. The summed E-state index contributed by atoms with van der Waals surface area (Å²) in [6, 6.07) is 4.06. The number of hydrogen-bond donors (Lipinski definition) is 1. The standard InChI is InChI=1S/C8H5F3O2.C2H6/c9-8(10,11)6-4-2-1-3-5(6)7(12)13;1-2/h1-4H,(H,12,13);1-2H3. The molecule has 0 saturated carbocycles. The van der Waals surface area contributed by atoms with Crippen molar-refractivity contribution in [3.63, 3.8) is 0 Å². The van der Waals surface area contributed by atoms with Crippen molar-refractivity contribution in [2.75, 3.05) is 0 Å². The number of hydrogen-bond acceptors (Lipinski definition) is 1. The Morgan fingerprint density at radius 2 is 1.67 bits per heavy atom. The number of alkyl halides is 3. The van der Waals surface area contributed by atoms with Crippen molar-refractivity contribution in [2.45, 2.75) is 20.0 Å². The van der Waals surface area contributed by atoms with Crippen molar-refractivity contribution in [3.8, 4) is 0 Å². The number of rotatable bonds is 1. The molecule has 0 saturated heterocycles. The lowest BCUT2D eigenvalue weighted by molar-refractivity contribution is -0.138. The van der Waals surface area contributed by atoms with Crippen LogP contribution < -0.4 is 0 Å². The van der Waals surface area contributed by atoms with E-state index >= 15 is 0 Å². The van der Waals surface area contributed by atoms with Gasteiger partial charge in [0.25, 0.3) is 0 Å². The number of carbonyl (C=O) groups is 1. The van der Waals surface area contributed by atoms with Crippen LogP contribution in [0.1, 0.15) is 29.8 Å². The summed E-state index contributed by atoms with van der Waals surface area (Å²) in [6.07, 6.45) is -4.62. The van der Waals surface area contributed by atoms with E-state index in [4.69, 9.17) is 5.11 Å². The first-order chi connectivity index (χ1) is 6.93. The molecule has 84 valence electrons. The van der Waals surface area contributed by atoms with Gasteiger partial charge in [-0.1, -0.05) is 26.0 Å². The number of aromatic carboxylic acids is 1. The Morgan fingerprint density at radius 1 is 1.20 bits per heavy atom. The summed E-state index contributed by atoms with van der Waals surface area (Å²) in [5, 5.41) is 8.43. The van der Waals surface area contributed by atoms with Gasteiger partial charge in [0.2, 0.25) is 0 Å². The predicted molar refractivity (Wildman–Crippen MR) is 49.8 cm³/mol. The van der Waals surface area contributed by atoms with E-state index in [0.717, 1.165) is 18.2 Å². The molecule has 0 fully saturated rings. The molecule has 0 aliphatic heterocycles. The van der Waals surface area contributed by atoms with Gasteiger partial charge in [-0.2, -0.15) is 13.2 Å². The van der Waals surface area contributed by atoms with Gasteiger partial charge in [0.05, 0.1) is 11.1 Å². The molecule has 2 nitrogen and oxygen atoms in total. The highest BCUT2D eigenvalue weighted by atomic mass is 19.4. The third-order valence-electron chi connectivity index (χ3n) is 1.46. The van der Waals surface area contributed by atoms with Gasteiger partial charge < -0.3 is 5.11 Å². The second kappa shape index (κ2) is 5.38. The molecule has 0 aliphatic carbocycles. The Kier molecular flexibility index (Phi) is 4.84. The molecule has 0 unspecified atom stereocenters. The van der Waals surface area contributed by atoms with Crippen molar-refractivity contribution in [1.82, 2.24) is 0 Å². The molecule has 0 heterocycles. The first-order valence-electron chi connectivity index (χ1n) is 4.32. The molecule has 1 aromatic carbocycles. The minimum absolute atomic E-state index is 0.727. The molecular weight excluding hydrogens is 209 g/mol. The summed E-state index contributed by atoms with van der Waals surface area (Å²) < 4.78 is 36.4. The molecule has 0 amide bonds. The molecule has 15 heavy (non-hydrogen) atoms. The maximum atomic E-state index is 12.1. The van der Waals surface area contributed by atoms with Crippen molar-refractivity contribution in [3.05, 3.63) is 35.4 Å². The van der Waals surface area contributed by atoms with Crippen molar-refractivity contribution < 1.29 is 23.1 Å². The van der Waals surface area contributed by atoms with Gasteiger partial charge in [-0.15, -0.1) is 0 Å². The van der Waals surface area contributed by atoms with Crippen LogP contribution in [0.25, 0.3) is 0 Å². The molecule has 1 rings (SSSR count). The third kappa shape index (κ3) is 3.61. The molecule has 0 spiro atoms. The number of carboxylic acids is 1. The maximum Gasteiger partial charge on any atom is 0.417 e. The molecular formula is C10H11F3O2. The van der Waals surface area contributed by atoms with E-state index in [9.17, 15) is 18.0 Å². The first kappa shape index (κ1) is 13.5. The van der Waals surface area contributed by atoms with Crippen LogP contribution in [0.15, 0.2) is 24.3 Å². The molecule has 1 N–H and O–H groups in total. The second-order valence-electron chi connectivity index (χ2n) is 2.35. The van der Waals surface area contributed by atoms with Gasteiger partial charge in [0, 0.05) is 0 Å². The molecule has 0 bridgehead atoms. The highest BCUT2D eigenvalue weighted by Crippen LogP contribution is 2.31. The summed E-state index contributed by atoms with van der Waals surface area (Å²) in [5.74, 6) is -1.58. The van der Waals surface area contributed by atoms with Gasteiger partial charge in [-0.05, 0) is 12.1 Å². The summed E-state index contributed by atoms with van der Waals surface area (Å²) in [7, 11) is 0. The fourth-order valence-corrected chi connectivity index (χ4v) is 0.917. The van der Waals surface area contributed by atoms with Crippen LogP contribution >= 0.6 is 0 Å². The van der Waals surface area contributed by atoms with E-state index in [1.54, 1.807) is 0 Å². The Balaban J connectivity index is 0.000000921. The fourth-order valence-electron chi connectivity index (χ4n) is 0.917. The zero-order chi connectivity index (χ0) is 12.1. The monoisotopic (exact) mass is 220 g/mol.